The topological polar surface area (TPSA) is 30.9 Å². The highest BCUT2D eigenvalue weighted by molar-refractivity contribution is 5.85. The van der Waals surface area contributed by atoms with Crippen LogP contribution in [0.2, 0.25) is 0 Å². The standard InChI is InChI=1S/C27H36FNO3.ClH/c1-3-5-6-20(4-2)16-29-14-13-25(21-7-9-23(28)10-8-21)22(17-29)18-30-24-11-12-26-27(15-24)32-19-31-26;/h7-12,15,20,22,25H,3-6,13-14,16-19H2,1-2H3;1H/t20?,22-,25-;/m1./s1. The van der Waals surface area contributed by atoms with Crippen LogP contribution in [0.3, 0.4) is 0 Å². The Morgan fingerprint density at radius 1 is 1.09 bits per heavy atom. The highest BCUT2D eigenvalue weighted by Crippen LogP contribution is 2.37. The fraction of sp³-hybridized carbons (Fsp3) is 0.556. The molecule has 2 heterocycles. The number of benzene rings is 2. The molecule has 0 amide bonds. The minimum Gasteiger partial charge on any atom is -0.493 e. The molecule has 4 rings (SSSR count). The van der Waals surface area contributed by atoms with E-state index >= 15 is 0 Å². The zero-order valence-electron chi connectivity index (χ0n) is 19.8. The second-order valence-corrected chi connectivity index (χ2v) is 9.21. The Hall–Kier alpha value is -1.98. The van der Waals surface area contributed by atoms with Crippen LogP contribution in [0.4, 0.5) is 4.39 Å². The van der Waals surface area contributed by atoms with Crippen LogP contribution in [0.25, 0.3) is 0 Å². The first kappa shape index (κ1) is 25.6. The van der Waals surface area contributed by atoms with Crippen molar-refractivity contribution < 1.29 is 18.6 Å². The Kier molecular flexibility index (Phi) is 9.69. The fourth-order valence-electron chi connectivity index (χ4n) is 5.04. The van der Waals surface area contributed by atoms with Gasteiger partial charge < -0.3 is 19.1 Å². The van der Waals surface area contributed by atoms with Crippen LogP contribution in [0, 0.1) is 17.7 Å². The van der Waals surface area contributed by atoms with Crippen molar-refractivity contribution in [1.82, 2.24) is 4.90 Å². The van der Waals surface area contributed by atoms with Crippen LogP contribution in [-0.2, 0) is 0 Å². The Morgan fingerprint density at radius 3 is 2.64 bits per heavy atom. The SMILES string of the molecule is CCCCC(CC)CN1CC[C@H](c2ccc(F)cc2)[C@@H](COc2ccc3c(c2)OCO3)C1.Cl. The van der Waals surface area contributed by atoms with Gasteiger partial charge in [-0.05, 0) is 61.1 Å². The number of likely N-dealkylation sites (tertiary alicyclic amines) is 1. The lowest BCUT2D eigenvalue weighted by Gasteiger charge is -2.40. The molecule has 2 aromatic carbocycles. The van der Waals surface area contributed by atoms with Gasteiger partial charge >= 0.3 is 0 Å². The number of nitrogens with zero attached hydrogens (tertiary/aromatic N) is 1. The lowest BCUT2D eigenvalue weighted by molar-refractivity contribution is 0.0958. The first-order chi connectivity index (χ1) is 15.7. The first-order valence-corrected chi connectivity index (χ1v) is 12.2. The Labute approximate surface area is 203 Å². The summed E-state index contributed by atoms with van der Waals surface area (Å²) in [7, 11) is 0. The van der Waals surface area contributed by atoms with E-state index in [1.165, 1.54) is 31.2 Å². The summed E-state index contributed by atoms with van der Waals surface area (Å²) >= 11 is 0. The summed E-state index contributed by atoms with van der Waals surface area (Å²) in [6, 6.07) is 12.8. The third kappa shape index (κ3) is 6.77. The maximum Gasteiger partial charge on any atom is 0.231 e. The highest BCUT2D eigenvalue weighted by Gasteiger charge is 2.32. The molecule has 2 aromatic rings. The van der Waals surface area contributed by atoms with Crippen molar-refractivity contribution in [3.8, 4) is 17.2 Å². The second kappa shape index (κ2) is 12.5. The van der Waals surface area contributed by atoms with Gasteiger partial charge in [0.05, 0.1) is 6.61 Å². The molecule has 4 nitrogen and oxygen atoms in total. The molecule has 3 atom stereocenters. The van der Waals surface area contributed by atoms with E-state index in [1.807, 2.05) is 30.3 Å². The molecule has 0 spiro atoms. The predicted molar refractivity (Wildman–Crippen MR) is 132 cm³/mol. The molecule has 2 aliphatic rings. The molecular weight excluding hydrogens is 441 g/mol. The van der Waals surface area contributed by atoms with Crippen LogP contribution < -0.4 is 14.2 Å². The zero-order chi connectivity index (χ0) is 22.3. The number of fused-ring (bicyclic) bond motifs is 1. The van der Waals surface area contributed by atoms with E-state index in [0.29, 0.717) is 18.4 Å². The van der Waals surface area contributed by atoms with Crippen molar-refractivity contribution in [1.29, 1.82) is 0 Å². The zero-order valence-corrected chi connectivity index (χ0v) is 20.6. The van der Waals surface area contributed by atoms with Crippen molar-refractivity contribution in [3.05, 3.63) is 53.8 Å². The van der Waals surface area contributed by atoms with E-state index in [4.69, 9.17) is 14.2 Å². The third-order valence-electron chi connectivity index (χ3n) is 6.98. The average molecular weight is 478 g/mol. The number of ether oxygens (including phenoxy) is 3. The molecule has 33 heavy (non-hydrogen) atoms. The molecule has 2 aliphatic heterocycles. The third-order valence-corrected chi connectivity index (χ3v) is 6.98. The Bertz CT molecular complexity index is 863. The van der Waals surface area contributed by atoms with E-state index in [2.05, 4.69) is 18.7 Å². The molecule has 0 radical (unpaired) electrons. The van der Waals surface area contributed by atoms with Crippen LogP contribution in [0.5, 0.6) is 17.2 Å². The molecule has 1 unspecified atom stereocenters. The summed E-state index contributed by atoms with van der Waals surface area (Å²) in [6.07, 6.45) is 6.18. The molecule has 1 saturated heterocycles. The van der Waals surface area contributed by atoms with Crippen molar-refractivity contribution in [2.24, 2.45) is 11.8 Å². The van der Waals surface area contributed by atoms with Crippen LogP contribution in [0.1, 0.15) is 57.4 Å². The monoisotopic (exact) mass is 477 g/mol. The fourth-order valence-corrected chi connectivity index (χ4v) is 5.04. The molecule has 0 saturated carbocycles. The number of halogens is 2. The highest BCUT2D eigenvalue weighted by atomic mass is 35.5. The summed E-state index contributed by atoms with van der Waals surface area (Å²) in [4.78, 5) is 2.62. The van der Waals surface area contributed by atoms with Crippen molar-refractivity contribution >= 4 is 12.4 Å². The maximum atomic E-state index is 13.5. The summed E-state index contributed by atoms with van der Waals surface area (Å²) in [6.45, 7) is 8.73. The quantitative estimate of drug-likeness (QED) is 0.382. The lowest BCUT2D eigenvalue weighted by atomic mass is 9.80. The van der Waals surface area contributed by atoms with Gasteiger partial charge in [-0.1, -0.05) is 45.2 Å². The first-order valence-electron chi connectivity index (χ1n) is 12.2. The van der Waals surface area contributed by atoms with E-state index in [1.54, 1.807) is 12.1 Å². The summed E-state index contributed by atoms with van der Waals surface area (Å²) in [5.41, 5.74) is 1.21. The molecular formula is C27H37ClFNO3. The molecule has 182 valence electrons. The van der Waals surface area contributed by atoms with Gasteiger partial charge in [-0.25, -0.2) is 4.39 Å². The van der Waals surface area contributed by atoms with Gasteiger partial charge in [0.25, 0.3) is 0 Å². The van der Waals surface area contributed by atoms with Gasteiger partial charge in [0.2, 0.25) is 6.79 Å². The van der Waals surface area contributed by atoms with Gasteiger partial charge in [-0.3, -0.25) is 0 Å². The van der Waals surface area contributed by atoms with E-state index in [0.717, 1.165) is 49.2 Å². The van der Waals surface area contributed by atoms with Gasteiger partial charge in [-0.2, -0.15) is 0 Å². The van der Waals surface area contributed by atoms with Crippen molar-refractivity contribution in [3.63, 3.8) is 0 Å². The number of unbranched alkanes of at least 4 members (excludes halogenated alkanes) is 1. The predicted octanol–water partition coefficient (Wildman–Crippen LogP) is 6.68. The van der Waals surface area contributed by atoms with Gasteiger partial charge in [0, 0.05) is 25.1 Å². The van der Waals surface area contributed by atoms with Gasteiger partial charge in [0.15, 0.2) is 11.5 Å². The van der Waals surface area contributed by atoms with E-state index < -0.39 is 0 Å². The minimum absolute atomic E-state index is 0. The summed E-state index contributed by atoms with van der Waals surface area (Å²) in [5, 5.41) is 0. The molecule has 1 fully saturated rings. The maximum absolute atomic E-state index is 13.5. The number of piperidine rings is 1. The molecule has 0 aliphatic carbocycles. The number of hydrogen-bond donors (Lipinski definition) is 0. The smallest absolute Gasteiger partial charge is 0.231 e. The van der Waals surface area contributed by atoms with Crippen LogP contribution in [-0.4, -0.2) is 37.9 Å². The minimum atomic E-state index is -0.180. The Balaban J connectivity index is 0.00000306. The molecule has 6 heteroatoms. The van der Waals surface area contributed by atoms with Crippen LogP contribution >= 0.6 is 12.4 Å². The van der Waals surface area contributed by atoms with Crippen molar-refractivity contribution in [2.75, 3.05) is 33.0 Å². The largest absolute Gasteiger partial charge is 0.493 e. The summed E-state index contributed by atoms with van der Waals surface area (Å²) < 4.78 is 30.7. The second-order valence-electron chi connectivity index (χ2n) is 9.21. The molecule has 0 aromatic heterocycles. The Morgan fingerprint density at radius 2 is 1.88 bits per heavy atom. The van der Waals surface area contributed by atoms with Crippen molar-refractivity contribution in [2.45, 2.75) is 51.9 Å². The molecule has 0 N–H and O–H groups in total. The van der Waals surface area contributed by atoms with E-state index in [9.17, 15) is 4.39 Å². The van der Waals surface area contributed by atoms with Crippen LogP contribution in [0.15, 0.2) is 42.5 Å². The molecule has 0 bridgehead atoms. The average Bonchev–Trinajstić information content (AvgIpc) is 3.29. The number of hydrogen-bond acceptors (Lipinski definition) is 4. The normalized spacial score (nSPS) is 20.8. The summed E-state index contributed by atoms with van der Waals surface area (Å²) in [5.74, 6) is 3.61. The number of rotatable bonds is 10. The van der Waals surface area contributed by atoms with Gasteiger partial charge in [0.1, 0.15) is 11.6 Å². The van der Waals surface area contributed by atoms with E-state index in [-0.39, 0.29) is 25.0 Å². The van der Waals surface area contributed by atoms with Gasteiger partial charge in [-0.15, -0.1) is 12.4 Å². The lowest BCUT2D eigenvalue weighted by Crippen LogP contribution is -2.43.